The van der Waals surface area contributed by atoms with Crippen LogP contribution in [0.2, 0.25) is 0 Å². The highest BCUT2D eigenvalue weighted by atomic mass is 15.2. The molecule has 1 aliphatic carbocycles. The molecule has 1 aromatic carbocycles. The van der Waals surface area contributed by atoms with Gasteiger partial charge in [0.1, 0.15) is 0 Å². The fraction of sp³-hybridized carbons (Fsp3) is 0.556. The van der Waals surface area contributed by atoms with E-state index in [0.29, 0.717) is 11.5 Å². The van der Waals surface area contributed by atoms with Gasteiger partial charge in [-0.15, -0.1) is 0 Å². The van der Waals surface area contributed by atoms with E-state index in [-0.39, 0.29) is 0 Å². The van der Waals surface area contributed by atoms with Gasteiger partial charge >= 0.3 is 0 Å². The molecule has 1 saturated heterocycles. The molecule has 2 aliphatic rings. The third-order valence-corrected chi connectivity index (χ3v) is 4.50. The largest absolute Gasteiger partial charge is 0.301 e. The standard InChI is InChI=1S/C16H21N.C2H6/c1-13(2)17-11-9-16(10-12-17)8-7-14-5-3-4-6-15(14)16;1-2/h3-8,13H,9-12H2,1-2H3;1-2H3. The average molecular weight is 257 g/mol. The number of hydrogen-bond acceptors (Lipinski definition) is 1. The second-order valence-electron chi connectivity index (χ2n) is 5.71. The van der Waals surface area contributed by atoms with Crippen molar-refractivity contribution in [1.29, 1.82) is 0 Å². The lowest BCUT2D eigenvalue weighted by molar-refractivity contribution is 0.149. The lowest BCUT2D eigenvalue weighted by Crippen LogP contribution is -2.44. The van der Waals surface area contributed by atoms with Gasteiger partial charge in [0.15, 0.2) is 0 Å². The first-order valence-corrected chi connectivity index (χ1v) is 7.74. The van der Waals surface area contributed by atoms with Crippen LogP contribution in [0.1, 0.15) is 51.7 Å². The van der Waals surface area contributed by atoms with Gasteiger partial charge in [-0.2, -0.15) is 0 Å². The van der Waals surface area contributed by atoms with Crippen LogP contribution in [0.15, 0.2) is 30.3 Å². The zero-order valence-electron chi connectivity index (χ0n) is 12.8. The molecule has 0 aromatic heterocycles. The normalized spacial score (nSPS) is 20.3. The van der Waals surface area contributed by atoms with Crippen molar-refractivity contribution in [3.05, 3.63) is 41.5 Å². The van der Waals surface area contributed by atoms with E-state index in [0.717, 1.165) is 0 Å². The number of fused-ring (bicyclic) bond motifs is 2. The van der Waals surface area contributed by atoms with Crippen molar-refractivity contribution in [3.63, 3.8) is 0 Å². The molecule has 19 heavy (non-hydrogen) atoms. The Morgan fingerprint density at radius 3 is 2.32 bits per heavy atom. The molecule has 3 rings (SSSR count). The van der Waals surface area contributed by atoms with Gasteiger partial charge in [-0.3, -0.25) is 0 Å². The van der Waals surface area contributed by atoms with Crippen LogP contribution in [0.25, 0.3) is 6.08 Å². The second-order valence-corrected chi connectivity index (χ2v) is 5.71. The summed E-state index contributed by atoms with van der Waals surface area (Å²) in [6.45, 7) is 11.1. The number of rotatable bonds is 1. The maximum absolute atomic E-state index is 2.60. The summed E-state index contributed by atoms with van der Waals surface area (Å²) in [5.74, 6) is 0. The zero-order valence-corrected chi connectivity index (χ0v) is 12.8. The number of likely N-dealkylation sites (tertiary alicyclic amines) is 1. The molecule has 0 saturated carbocycles. The molecular weight excluding hydrogens is 230 g/mol. The minimum atomic E-state index is 0.349. The van der Waals surface area contributed by atoms with Crippen LogP contribution in [-0.2, 0) is 5.41 Å². The van der Waals surface area contributed by atoms with Crippen LogP contribution in [0, 0.1) is 0 Å². The molecule has 1 heterocycles. The molecule has 104 valence electrons. The topological polar surface area (TPSA) is 3.24 Å². The van der Waals surface area contributed by atoms with E-state index in [4.69, 9.17) is 0 Å². The number of nitrogens with zero attached hydrogens (tertiary/aromatic N) is 1. The predicted molar refractivity (Wildman–Crippen MR) is 84.4 cm³/mol. The molecule has 0 bridgehead atoms. The Balaban J connectivity index is 0.000000637. The highest BCUT2D eigenvalue weighted by molar-refractivity contribution is 5.65. The van der Waals surface area contributed by atoms with Crippen LogP contribution in [-0.4, -0.2) is 24.0 Å². The zero-order chi connectivity index (χ0) is 13.9. The summed E-state index contributed by atoms with van der Waals surface area (Å²) in [6.07, 6.45) is 7.33. The predicted octanol–water partition coefficient (Wildman–Crippen LogP) is 4.48. The van der Waals surface area contributed by atoms with E-state index in [1.54, 1.807) is 5.56 Å². The van der Waals surface area contributed by atoms with E-state index in [2.05, 4.69) is 55.2 Å². The van der Waals surface area contributed by atoms with Crippen LogP contribution >= 0.6 is 0 Å². The molecule has 0 unspecified atom stereocenters. The Kier molecular flexibility index (Phi) is 4.46. The van der Waals surface area contributed by atoms with Crippen molar-refractivity contribution in [2.75, 3.05) is 13.1 Å². The molecule has 0 N–H and O–H groups in total. The second kappa shape index (κ2) is 5.92. The summed E-state index contributed by atoms with van der Waals surface area (Å²) in [5, 5.41) is 0. The Morgan fingerprint density at radius 2 is 1.68 bits per heavy atom. The monoisotopic (exact) mass is 257 g/mol. The molecule has 1 heteroatoms. The molecule has 1 fully saturated rings. The maximum Gasteiger partial charge on any atom is 0.0165 e. The van der Waals surface area contributed by atoms with Gasteiger partial charge < -0.3 is 4.90 Å². The molecule has 0 atom stereocenters. The quantitative estimate of drug-likeness (QED) is 0.717. The number of piperidine rings is 1. The third kappa shape index (κ3) is 2.62. The van der Waals surface area contributed by atoms with E-state index in [1.165, 1.54) is 31.5 Å². The van der Waals surface area contributed by atoms with Crippen LogP contribution < -0.4 is 0 Å². The van der Waals surface area contributed by atoms with Crippen molar-refractivity contribution < 1.29 is 0 Å². The minimum Gasteiger partial charge on any atom is -0.301 e. The van der Waals surface area contributed by atoms with E-state index < -0.39 is 0 Å². The highest BCUT2D eigenvalue weighted by Crippen LogP contribution is 2.43. The van der Waals surface area contributed by atoms with Crippen LogP contribution in [0.4, 0.5) is 0 Å². The minimum absolute atomic E-state index is 0.349. The van der Waals surface area contributed by atoms with Crippen molar-refractivity contribution in [1.82, 2.24) is 4.90 Å². The molecule has 1 spiro atoms. The van der Waals surface area contributed by atoms with Crippen LogP contribution in [0.5, 0.6) is 0 Å². The average Bonchev–Trinajstić information content (AvgIpc) is 2.81. The van der Waals surface area contributed by atoms with Gasteiger partial charge in [0.25, 0.3) is 0 Å². The number of hydrogen-bond donors (Lipinski definition) is 0. The molecule has 1 aliphatic heterocycles. The first-order valence-electron chi connectivity index (χ1n) is 7.74. The van der Waals surface area contributed by atoms with E-state index in [1.807, 2.05) is 13.8 Å². The van der Waals surface area contributed by atoms with Gasteiger partial charge in [-0.25, -0.2) is 0 Å². The van der Waals surface area contributed by atoms with Gasteiger partial charge in [0.2, 0.25) is 0 Å². The summed E-state index contributed by atoms with van der Waals surface area (Å²) in [6, 6.07) is 9.58. The van der Waals surface area contributed by atoms with Gasteiger partial charge in [-0.05, 0) is 50.9 Å². The van der Waals surface area contributed by atoms with Gasteiger partial charge in [0.05, 0.1) is 0 Å². The van der Waals surface area contributed by atoms with Gasteiger partial charge in [0, 0.05) is 11.5 Å². The lowest BCUT2D eigenvalue weighted by Gasteiger charge is -2.41. The third-order valence-electron chi connectivity index (χ3n) is 4.50. The summed E-state index contributed by atoms with van der Waals surface area (Å²) < 4.78 is 0. The Morgan fingerprint density at radius 1 is 1.05 bits per heavy atom. The molecule has 0 amide bonds. The summed E-state index contributed by atoms with van der Waals surface area (Å²) >= 11 is 0. The van der Waals surface area contributed by atoms with E-state index in [9.17, 15) is 0 Å². The molecular formula is C18H27N. The summed E-state index contributed by atoms with van der Waals surface area (Å²) in [4.78, 5) is 2.60. The van der Waals surface area contributed by atoms with Crippen molar-refractivity contribution in [3.8, 4) is 0 Å². The highest BCUT2D eigenvalue weighted by Gasteiger charge is 2.37. The van der Waals surface area contributed by atoms with Crippen molar-refractivity contribution in [2.24, 2.45) is 0 Å². The molecule has 1 nitrogen and oxygen atoms in total. The van der Waals surface area contributed by atoms with E-state index >= 15 is 0 Å². The smallest absolute Gasteiger partial charge is 0.0165 e. The Bertz CT molecular complexity index is 437. The van der Waals surface area contributed by atoms with Crippen molar-refractivity contribution in [2.45, 2.75) is 52.0 Å². The summed E-state index contributed by atoms with van der Waals surface area (Å²) in [5.41, 5.74) is 3.34. The van der Waals surface area contributed by atoms with Crippen molar-refractivity contribution >= 4 is 6.08 Å². The lowest BCUT2D eigenvalue weighted by atomic mass is 9.74. The Labute approximate surface area is 118 Å². The molecule has 1 aromatic rings. The summed E-state index contributed by atoms with van der Waals surface area (Å²) in [7, 11) is 0. The maximum atomic E-state index is 2.60. The Hall–Kier alpha value is -1.08. The SMILES string of the molecule is CC.CC(C)N1CCC2(C=Cc3ccccc32)CC1. The van der Waals surface area contributed by atoms with Gasteiger partial charge in [-0.1, -0.05) is 50.3 Å². The van der Waals surface area contributed by atoms with Crippen LogP contribution in [0.3, 0.4) is 0 Å². The number of benzene rings is 1. The number of allylic oxidation sites excluding steroid dienone is 1. The fourth-order valence-electron chi connectivity index (χ4n) is 3.31. The first kappa shape index (κ1) is 14.3. The first-order chi connectivity index (χ1) is 9.21. The fourth-order valence-corrected chi connectivity index (χ4v) is 3.31. The molecule has 0 radical (unpaired) electrons.